The summed E-state index contributed by atoms with van der Waals surface area (Å²) in [6, 6.07) is 17.7. The molecule has 1 atom stereocenters. The van der Waals surface area contributed by atoms with Gasteiger partial charge in [0.1, 0.15) is 5.75 Å². The van der Waals surface area contributed by atoms with Crippen molar-refractivity contribution in [2.45, 2.75) is 32.8 Å². The molecule has 1 unspecified atom stereocenters. The van der Waals surface area contributed by atoms with Crippen LogP contribution in [0.25, 0.3) is 0 Å². The van der Waals surface area contributed by atoms with Crippen molar-refractivity contribution in [2.24, 2.45) is 0 Å². The molecule has 2 aromatic rings. The number of carbonyl (C=O) groups is 1. The van der Waals surface area contributed by atoms with E-state index in [-0.39, 0.29) is 12.0 Å². The Balaban J connectivity index is 1.68. The minimum absolute atomic E-state index is 0.0429. The molecule has 0 aromatic heterocycles. The summed E-state index contributed by atoms with van der Waals surface area (Å²) in [5.74, 6) is 0.780. The maximum absolute atomic E-state index is 11.9. The lowest BCUT2D eigenvalue weighted by Crippen LogP contribution is -2.29. The quantitative estimate of drug-likeness (QED) is 0.692. The molecular weight excluding hydrogens is 300 g/mol. The number of carbonyl (C=O) groups excluding carboxylic acids is 1. The zero-order valence-corrected chi connectivity index (χ0v) is 14.4. The molecule has 24 heavy (non-hydrogen) atoms. The summed E-state index contributed by atoms with van der Waals surface area (Å²) in [4.78, 5) is 11.9. The van der Waals surface area contributed by atoms with E-state index in [1.165, 1.54) is 5.56 Å². The van der Waals surface area contributed by atoms with Gasteiger partial charge in [0.25, 0.3) is 0 Å². The maximum atomic E-state index is 11.9. The average Bonchev–Trinajstić information content (AvgIpc) is 2.61. The Morgan fingerprint density at radius 3 is 2.46 bits per heavy atom. The zero-order chi connectivity index (χ0) is 17.2. The monoisotopic (exact) mass is 326 g/mol. The van der Waals surface area contributed by atoms with Gasteiger partial charge in [0, 0.05) is 5.69 Å². The molecule has 2 rings (SSSR count). The Bertz CT molecular complexity index is 611. The van der Waals surface area contributed by atoms with E-state index in [0.29, 0.717) is 6.54 Å². The summed E-state index contributed by atoms with van der Waals surface area (Å²) >= 11 is 0. The summed E-state index contributed by atoms with van der Waals surface area (Å²) in [6.45, 7) is 5.21. The van der Waals surface area contributed by atoms with Gasteiger partial charge in [0.15, 0.2) is 0 Å². The molecule has 0 heterocycles. The van der Waals surface area contributed by atoms with Gasteiger partial charge in [-0.2, -0.15) is 0 Å². The second-order valence-corrected chi connectivity index (χ2v) is 5.82. The fourth-order valence-corrected chi connectivity index (χ4v) is 2.22. The number of nitrogens with one attached hydrogen (secondary N) is 2. The van der Waals surface area contributed by atoms with Crippen LogP contribution in [0, 0.1) is 0 Å². The fourth-order valence-electron chi connectivity index (χ4n) is 2.22. The van der Waals surface area contributed by atoms with Gasteiger partial charge in [-0.1, -0.05) is 37.3 Å². The van der Waals surface area contributed by atoms with Crippen LogP contribution >= 0.6 is 0 Å². The van der Waals surface area contributed by atoms with Gasteiger partial charge in [0.2, 0.25) is 5.91 Å². The highest BCUT2D eigenvalue weighted by molar-refractivity contribution is 5.92. The lowest BCUT2D eigenvalue weighted by atomic mass is 10.1. The van der Waals surface area contributed by atoms with Crippen molar-refractivity contribution in [3.8, 4) is 5.75 Å². The molecular formula is C20H26N2O2. The van der Waals surface area contributed by atoms with Crippen LogP contribution in [0.1, 0.15) is 25.8 Å². The first kappa shape index (κ1) is 18.0. The zero-order valence-electron chi connectivity index (χ0n) is 14.4. The van der Waals surface area contributed by atoms with Crippen molar-refractivity contribution in [2.75, 3.05) is 18.4 Å². The van der Waals surface area contributed by atoms with Crippen molar-refractivity contribution in [3.63, 3.8) is 0 Å². The Morgan fingerprint density at radius 1 is 1.08 bits per heavy atom. The van der Waals surface area contributed by atoms with E-state index in [9.17, 15) is 4.79 Å². The van der Waals surface area contributed by atoms with Crippen LogP contribution in [0.2, 0.25) is 0 Å². The number of benzene rings is 2. The highest BCUT2D eigenvalue weighted by Gasteiger charge is 2.04. The number of hydrogen-bond donors (Lipinski definition) is 2. The highest BCUT2D eigenvalue weighted by atomic mass is 16.5. The molecule has 0 aliphatic heterocycles. The van der Waals surface area contributed by atoms with Crippen molar-refractivity contribution in [3.05, 3.63) is 60.2 Å². The number of hydrogen-bond acceptors (Lipinski definition) is 3. The minimum Gasteiger partial charge on any atom is -0.491 e. The molecule has 0 aliphatic carbocycles. The molecule has 4 nitrogen and oxygen atoms in total. The third kappa shape index (κ3) is 6.42. The Kier molecular flexibility index (Phi) is 7.30. The molecule has 2 N–H and O–H groups in total. The van der Waals surface area contributed by atoms with Crippen LogP contribution < -0.4 is 15.4 Å². The predicted molar refractivity (Wildman–Crippen MR) is 98.5 cm³/mol. The predicted octanol–water partition coefficient (Wildman–Crippen LogP) is 3.63. The first-order valence-electron chi connectivity index (χ1n) is 8.48. The molecule has 0 saturated carbocycles. The Morgan fingerprint density at radius 2 is 1.79 bits per heavy atom. The van der Waals surface area contributed by atoms with Gasteiger partial charge >= 0.3 is 0 Å². The van der Waals surface area contributed by atoms with E-state index in [2.05, 4.69) is 29.7 Å². The first-order chi connectivity index (χ1) is 11.7. The molecule has 0 bridgehead atoms. The van der Waals surface area contributed by atoms with Gasteiger partial charge in [-0.05, 0) is 56.1 Å². The van der Waals surface area contributed by atoms with Crippen molar-refractivity contribution >= 4 is 11.6 Å². The minimum atomic E-state index is -0.0429. The van der Waals surface area contributed by atoms with E-state index < -0.39 is 0 Å². The molecule has 1 amide bonds. The van der Waals surface area contributed by atoms with E-state index in [4.69, 9.17) is 4.74 Å². The van der Waals surface area contributed by atoms with Gasteiger partial charge in [-0.25, -0.2) is 0 Å². The summed E-state index contributed by atoms with van der Waals surface area (Å²) in [6.07, 6.45) is 2.07. The average molecular weight is 326 g/mol. The van der Waals surface area contributed by atoms with Gasteiger partial charge < -0.3 is 15.4 Å². The summed E-state index contributed by atoms with van der Waals surface area (Å²) < 4.78 is 5.72. The smallest absolute Gasteiger partial charge is 0.238 e. The summed E-state index contributed by atoms with van der Waals surface area (Å²) in [5, 5.41) is 6.04. The number of ether oxygens (including phenoxy) is 1. The molecule has 2 aromatic carbocycles. The van der Waals surface area contributed by atoms with Gasteiger partial charge in [-0.15, -0.1) is 0 Å². The van der Waals surface area contributed by atoms with Gasteiger partial charge in [0.05, 0.1) is 12.6 Å². The summed E-state index contributed by atoms with van der Waals surface area (Å²) in [7, 11) is 0. The molecule has 128 valence electrons. The van der Waals surface area contributed by atoms with Crippen molar-refractivity contribution < 1.29 is 9.53 Å². The molecule has 0 radical (unpaired) electrons. The number of anilines is 1. The fraction of sp³-hybridized carbons (Fsp3) is 0.350. The second kappa shape index (κ2) is 9.73. The topological polar surface area (TPSA) is 50.4 Å². The highest BCUT2D eigenvalue weighted by Crippen LogP contribution is 2.17. The molecule has 0 spiro atoms. The third-order valence-electron chi connectivity index (χ3n) is 3.77. The number of amides is 1. The number of rotatable bonds is 9. The molecule has 0 aliphatic rings. The van der Waals surface area contributed by atoms with Crippen LogP contribution in [0.15, 0.2) is 54.6 Å². The summed E-state index contributed by atoms with van der Waals surface area (Å²) in [5.41, 5.74) is 2.05. The van der Waals surface area contributed by atoms with Crippen LogP contribution in [0.3, 0.4) is 0 Å². The van der Waals surface area contributed by atoms with Crippen molar-refractivity contribution in [1.29, 1.82) is 0 Å². The molecule has 0 fully saturated rings. The van der Waals surface area contributed by atoms with Gasteiger partial charge in [-0.3, -0.25) is 4.79 Å². The molecule has 0 saturated heterocycles. The van der Waals surface area contributed by atoms with E-state index >= 15 is 0 Å². The SMILES string of the molecule is CCC(C)Oc1ccc(NC(=O)CNCCc2ccccc2)cc1. The van der Waals surface area contributed by atoms with E-state index in [0.717, 1.165) is 30.8 Å². The first-order valence-corrected chi connectivity index (χ1v) is 8.48. The molecule has 4 heteroatoms. The lowest BCUT2D eigenvalue weighted by molar-refractivity contribution is -0.115. The largest absolute Gasteiger partial charge is 0.491 e. The standard InChI is InChI=1S/C20H26N2O2/c1-3-16(2)24-19-11-9-18(10-12-19)22-20(23)15-21-14-13-17-7-5-4-6-8-17/h4-12,16,21H,3,13-15H2,1-2H3,(H,22,23). The van der Waals surface area contributed by atoms with Crippen LogP contribution in [0.4, 0.5) is 5.69 Å². The maximum Gasteiger partial charge on any atom is 0.238 e. The van der Waals surface area contributed by atoms with Crippen LogP contribution in [-0.4, -0.2) is 25.1 Å². The normalized spacial score (nSPS) is 11.8. The van der Waals surface area contributed by atoms with Crippen LogP contribution in [-0.2, 0) is 11.2 Å². The van der Waals surface area contributed by atoms with Crippen molar-refractivity contribution in [1.82, 2.24) is 5.32 Å². The van der Waals surface area contributed by atoms with E-state index in [1.807, 2.05) is 49.4 Å². The lowest BCUT2D eigenvalue weighted by Gasteiger charge is -2.13. The Labute approximate surface area is 144 Å². The second-order valence-electron chi connectivity index (χ2n) is 5.82. The van der Waals surface area contributed by atoms with E-state index in [1.54, 1.807) is 0 Å². The van der Waals surface area contributed by atoms with Crippen LogP contribution in [0.5, 0.6) is 5.75 Å². The Hall–Kier alpha value is -2.33. The third-order valence-corrected chi connectivity index (χ3v) is 3.77.